The summed E-state index contributed by atoms with van der Waals surface area (Å²) in [6, 6.07) is 8.73. The predicted octanol–water partition coefficient (Wildman–Crippen LogP) is 2.64. The molecule has 1 unspecified atom stereocenters. The Morgan fingerprint density at radius 1 is 1.03 bits per heavy atom. The summed E-state index contributed by atoms with van der Waals surface area (Å²) in [4.78, 5) is 9.40. The number of hydrogen-bond acceptors (Lipinski definition) is 5. The standard InChI is InChI=1S/C25H40N4O3/c1-26-25(29-11-9-23(10-12-29)32-20-24-8-4-5-15-31-24)27-18-21-6-2-3-7-22(21)19-28-13-16-30-17-14-28/h2-3,6-7,23-24H,4-5,8-20H2,1H3,(H,26,27). The Morgan fingerprint density at radius 2 is 1.81 bits per heavy atom. The zero-order valence-corrected chi connectivity index (χ0v) is 19.6. The largest absolute Gasteiger partial charge is 0.379 e. The third-order valence-electron chi connectivity index (χ3n) is 6.80. The molecule has 7 nitrogen and oxygen atoms in total. The summed E-state index contributed by atoms with van der Waals surface area (Å²) >= 11 is 0. The van der Waals surface area contributed by atoms with Crippen molar-refractivity contribution in [3.05, 3.63) is 35.4 Å². The van der Waals surface area contributed by atoms with Crippen LogP contribution in [0.2, 0.25) is 0 Å². The molecule has 0 amide bonds. The van der Waals surface area contributed by atoms with E-state index >= 15 is 0 Å². The van der Waals surface area contributed by atoms with Gasteiger partial charge in [0.15, 0.2) is 5.96 Å². The minimum absolute atomic E-state index is 0.300. The number of likely N-dealkylation sites (tertiary alicyclic amines) is 1. The van der Waals surface area contributed by atoms with Gasteiger partial charge in [-0.05, 0) is 43.2 Å². The van der Waals surface area contributed by atoms with Crippen molar-refractivity contribution in [3.8, 4) is 0 Å². The van der Waals surface area contributed by atoms with Crippen molar-refractivity contribution >= 4 is 5.96 Å². The van der Waals surface area contributed by atoms with Crippen LogP contribution in [0, 0.1) is 0 Å². The fourth-order valence-electron chi connectivity index (χ4n) is 4.81. The molecule has 0 aliphatic carbocycles. The fourth-order valence-corrected chi connectivity index (χ4v) is 4.81. The summed E-state index contributed by atoms with van der Waals surface area (Å²) in [7, 11) is 1.88. The number of rotatable bonds is 7. The van der Waals surface area contributed by atoms with Crippen LogP contribution in [0.4, 0.5) is 0 Å². The van der Waals surface area contributed by atoms with Crippen molar-refractivity contribution < 1.29 is 14.2 Å². The summed E-state index contributed by atoms with van der Waals surface area (Å²) in [5.74, 6) is 0.986. The Balaban J connectivity index is 1.22. The van der Waals surface area contributed by atoms with Crippen molar-refractivity contribution in [1.29, 1.82) is 0 Å². The van der Waals surface area contributed by atoms with Gasteiger partial charge in [0.1, 0.15) is 0 Å². The zero-order valence-electron chi connectivity index (χ0n) is 19.6. The molecular weight excluding hydrogens is 404 g/mol. The van der Waals surface area contributed by atoms with Gasteiger partial charge in [-0.1, -0.05) is 24.3 Å². The van der Waals surface area contributed by atoms with Crippen molar-refractivity contribution in [2.45, 2.75) is 57.4 Å². The molecule has 3 heterocycles. The second-order valence-electron chi connectivity index (χ2n) is 9.07. The van der Waals surface area contributed by atoms with Crippen LogP contribution in [0.3, 0.4) is 0 Å². The van der Waals surface area contributed by atoms with Gasteiger partial charge in [0.2, 0.25) is 0 Å². The molecule has 3 fully saturated rings. The van der Waals surface area contributed by atoms with Gasteiger partial charge in [-0.25, -0.2) is 0 Å². The lowest BCUT2D eigenvalue weighted by Crippen LogP contribution is -2.47. The highest BCUT2D eigenvalue weighted by Gasteiger charge is 2.24. The quantitative estimate of drug-likeness (QED) is 0.515. The van der Waals surface area contributed by atoms with Gasteiger partial charge in [0.25, 0.3) is 0 Å². The molecule has 3 saturated heterocycles. The Bertz CT molecular complexity index is 709. The van der Waals surface area contributed by atoms with Crippen LogP contribution in [0.5, 0.6) is 0 Å². The molecule has 1 atom stereocenters. The topological polar surface area (TPSA) is 58.6 Å². The van der Waals surface area contributed by atoms with Crippen LogP contribution < -0.4 is 5.32 Å². The molecule has 1 aromatic rings. The number of nitrogens with one attached hydrogen (secondary N) is 1. The van der Waals surface area contributed by atoms with Crippen molar-refractivity contribution in [1.82, 2.24) is 15.1 Å². The van der Waals surface area contributed by atoms with Crippen LogP contribution >= 0.6 is 0 Å². The number of piperidine rings is 1. The maximum absolute atomic E-state index is 6.18. The first-order chi connectivity index (χ1) is 15.8. The molecular formula is C25H40N4O3. The maximum atomic E-state index is 6.18. The normalized spacial score (nSPS) is 24.0. The summed E-state index contributed by atoms with van der Waals surface area (Å²) in [6.07, 6.45) is 6.32. The van der Waals surface area contributed by atoms with E-state index in [1.54, 1.807) is 0 Å². The zero-order chi connectivity index (χ0) is 22.0. The third kappa shape index (κ3) is 6.91. The van der Waals surface area contributed by atoms with E-state index in [9.17, 15) is 0 Å². The molecule has 0 bridgehead atoms. The van der Waals surface area contributed by atoms with E-state index in [-0.39, 0.29) is 0 Å². The SMILES string of the molecule is CN=C(NCc1ccccc1CN1CCOCC1)N1CCC(OCC2CCCCO2)CC1. The van der Waals surface area contributed by atoms with E-state index in [1.807, 2.05) is 7.05 Å². The van der Waals surface area contributed by atoms with Crippen LogP contribution in [0.25, 0.3) is 0 Å². The first-order valence-electron chi connectivity index (χ1n) is 12.4. The molecule has 1 N–H and O–H groups in total. The minimum Gasteiger partial charge on any atom is -0.379 e. The Morgan fingerprint density at radius 3 is 2.53 bits per heavy atom. The second-order valence-corrected chi connectivity index (χ2v) is 9.07. The number of benzene rings is 1. The monoisotopic (exact) mass is 444 g/mol. The molecule has 178 valence electrons. The van der Waals surface area contributed by atoms with E-state index in [0.29, 0.717) is 12.2 Å². The Labute approximate surface area is 193 Å². The lowest BCUT2D eigenvalue weighted by Gasteiger charge is -2.35. The average Bonchev–Trinajstić information content (AvgIpc) is 2.86. The van der Waals surface area contributed by atoms with Crippen LogP contribution in [-0.2, 0) is 27.3 Å². The van der Waals surface area contributed by atoms with E-state index in [1.165, 1.54) is 24.0 Å². The smallest absolute Gasteiger partial charge is 0.193 e. The molecule has 0 aromatic heterocycles. The molecule has 3 aliphatic heterocycles. The second kappa shape index (κ2) is 12.5. The van der Waals surface area contributed by atoms with Crippen molar-refractivity contribution in [3.63, 3.8) is 0 Å². The molecule has 7 heteroatoms. The van der Waals surface area contributed by atoms with E-state index < -0.39 is 0 Å². The van der Waals surface area contributed by atoms with Crippen LogP contribution in [0.15, 0.2) is 29.3 Å². The Hall–Kier alpha value is -1.67. The number of morpholine rings is 1. The van der Waals surface area contributed by atoms with E-state index in [2.05, 4.69) is 44.4 Å². The van der Waals surface area contributed by atoms with Gasteiger partial charge in [0.05, 0.1) is 32.0 Å². The highest BCUT2D eigenvalue weighted by molar-refractivity contribution is 5.80. The predicted molar refractivity (Wildman–Crippen MR) is 127 cm³/mol. The number of nitrogens with zero attached hydrogens (tertiary/aromatic N) is 3. The molecule has 0 radical (unpaired) electrons. The first kappa shape index (κ1) is 23.5. The van der Waals surface area contributed by atoms with Gasteiger partial charge in [-0.2, -0.15) is 0 Å². The first-order valence-corrected chi connectivity index (χ1v) is 12.4. The number of aliphatic imine (C=N–C) groups is 1. The summed E-state index contributed by atoms with van der Waals surface area (Å²) in [6.45, 7) is 9.05. The van der Waals surface area contributed by atoms with Gasteiger partial charge in [0, 0.05) is 52.9 Å². The fraction of sp³-hybridized carbons (Fsp3) is 0.720. The lowest BCUT2D eigenvalue weighted by atomic mass is 10.1. The number of hydrogen-bond donors (Lipinski definition) is 1. The van der Waals surface area contributed by atoms with Gasteiger partial charge in [-0.3, -0.25) is 9.89 Å². The van der Waals surface area contributed by atoms with Gasteiger partial charge < -0.3 is 24.4 Å². The number of guanidine groups is 1. The molecule has 32 heavy (non-hydrogen) atoms. The van der Waals surface area contributed by atoms with Gasteiger partial charge >= 0.3 is 0 Å². The van der Waals surface area contributed by atoms with E-state index in [0.717, 1.165) is 90.9 Å². The summed E-state index contributed by atoms with van der Waals surface area (Å²) in [5, 5.41) is 3.60. The van der Waals surface area contributed by atoms with Crippen molar-refractivity contribution in [2.75, 3.05) is 59.7 Å². The average molecular weight is 445 g/mol. The van der Waals surface area contributed by atoms with Crippen molar-refractivity contribution in [2.24, 2.45) is 4.99 Å². The third-order valence-corrected chi connectivity index (χ3v) is 6.80. The molecule has 3 aliphatic rings. The lowest BCUT2D eigenvalue weighted by molar-refractivity contribution is -0.0721. The number of ether oxygens (including phenoxy) is 3. The minimum atomic E-state index is 0.300. The summed E-state index contributed by atoms with van der Waals surface area (Å²) < 4.78 is 17.5. The summed E-state index contributed by atoms with van der Waals surface area (Å²) in [5.41, 5.74) is 2.72. The maximum Gasteiger partial charge on any atom is 0.193 e. The highest BCUT2D eigenvalue weighted by atomic mass is 16.5. The Kier molecular flexibility index (Phi) is 9.20. The molecule has 4 rings (SSSR count). The van der Waals surface area contributed by atoms with Crippen LogP contribution in [0.1, 0.15) is 43.2 Å². The molecule has 0 spiro atoms. The van der Waals surface area contributed by atoms with Crippen LogP contribution in [-0.4, -0.2) is 87.6 Å². The van der Waals surface area contributed by atoms with Gasteiger partial charge in [-0.15, -0.1) is 0 Å². The highest BCUT2D eigenvalue weighted by Crippen LogP contribution is 2.18. The van der Waals surface area contributed by atoms with E-state index in [4.69, 9.17) is 14.2 Å². The molecule has 0 saturated carbocycles. The molecule has 1 aromatic carbocycles.